The van der Waals surface area contributed by atoms with Gasteiger partial charge in [0.1, 0.15) is 0 Å². The summed E-state index contributed by atoms with van der Waals surface area (Å²) in [6.07, 6.45) is 10.7. The number of carbonyl (C=O) groups excluding carboxylic acids is 2. The number of carbonyl (C=O) groups is 2. The van der Waals surface area contributed by atoms with Crippen molar-refractivity contribution in [3.8, 4) is 0 Å². The molecule has 3 nitrogen and oxygen atoms in total. The van der Waals surface area contributed by atoms with E-state index in [1.54, 1.807) is 0 Å². The van der Waals surface area contributed by atoms with Crippen molar-refractivity contribution in [3.63, 3.8) is 0 Å². The Labute approximate surface area is 145 Å². The van der Waals surface area contributed by atoms with Gasteiger partial charge in [0.05, 0.1) is 0 Å². The molecule has 4 aliphatic rings. The SMILES string of the molecule is CC(=O)O[C@@H]1C[C@H]2[C@@H]3CC[C@H]4CCCC[C@]4(C)[C@H]3CC[C@]2(C)C1=O. The highest BCUT2D eigenvalue weighted by atomic mass is 16.5. The summed E-state index contributed by atoms with van der Waals surface area (Å²) in [5.74, 6) is 2.66. The molecule has 0 spiro atoms. The maximum absolute atomic E-state index is 13.0. The molecular weight excluding hydrogens is 300 g/mol. The minimum absolute atomic E-state index is 0.206. The fraction of sp³-hybridized carbons (Fsp3) is 0.905. The second-order valence-electron chi connectivity index (χ2n) is 9.56. The lowest BCUT2D eigenvalue weighted by molar-refractivity contribution is -0.154. The second-order valence-corrected chi connectivity index (χ2v) is 9.56. The third kappa shape index (κ3) is 2.22. The molecule has 134 valence electrons. The van der Waals surface area contributed by atoms with Crippen LogP contribution in [0.1, 0.15) is 78.6 Å². The predicted octanol–water partition coefficient (Wildman–Crippen LogP) is 4.53. The van der Waals surface area contributed by atoms with Crippen LogP contribution < -0.4 is 0 Å². The molecule has 0 bridgehead atoms. The molecule has 4 rings (SSSR count). The van der Waals surface area contributed by atoms with E-state index in [0.29, 0.717) is 17.3 Å². The molecule has 7 atom stereocenters. The van der Waals surface area contributed by atoms with Crippen molar-refractivity contribution in [1.29, 1.82) is 0 Å². The van der Waals surface area contributed by atoms with Crippen LogP contribution in [0, 0.1) is 34.5 Å². The summed E-state index contributed by atoms with van der Waals surface area (Å²) in [4.78, 5) is 24.4. The lowest BCUT2D eigenvalue weighted by Gasteiger charge is -2.59. The predicted molar refractivity (Wildman–Crippen MR) is 92.3 cm³/mol. The lowest BCUT2D eigenvalue weighted by atomic mass is 9.45. The molecule has 4 saturated carbocycles. The number of Topliss-reactive ketones (excluding diaryl/α,β-unsaturated/α-hetero) is 1. The van der Waals surface area contributed by atoms with Gasteiger partial charge >= 0.3 is 5.97 Å². The van der Waals surface area contributed by atoms with Crippen molar-refractivity contribution < 1.29 is 14.3 Å². The normalized spacial score (nSPS) is 50.6. The summed E-state index contributed by atoms with van der Waals surface area (Å²) in [5.41, 5.74) is 0.240. The Kier molecular flexibility index (Phi) is 3.85. The van der Waals surface area contributed by atoms with Crippen molar-refractivity contribution in [1.82, 2.24) is 0 Å². The van der Waals surface area contributed by atoms with E-state index >= 15 is 0 Å². The molecule has 0 heterocycles. The topological polar surface area (TPSA) is 43.4 Å². The number of esters is 1. The van der Waals surface area contributed by atoms with Gasteiger partial charge in [-0.2, -0.15) is 0 Å². The van der Waals surface area contributed by atoms with E-state index in [9.17, 15) is 9.59 Å². The van der Waals surface area contributed by atoms with Gasteiger partial charge in [-0.1, -0.05) is 26.7 Å². The molecular formula is C21H32O3. The number of rotatable bonds is 1. The summed E-state index contributed by atoms with van der Waals surface area (Å²) >= 11 is 0. The number of hydrogen-bond acceptors (Lipinski definition) is 3. The highest BCUT2D eigenvalue weighted by molar-refractivity contribution is 5.92. The van der Waals surface area contributed by atoms with Crippen molar-refractivity contribution in [3.05, 3.63) is 0 Å². The van der Waals surface area contributed by atoms with Crippen LogP contribution in [0.2, 0.25) is 0 Å². The van der Waals surface area contributed by atoms with E-state index in [2.05, 4.69) is 13.8 Å². The summed E-state index contributed by atoms with van der Waals surface area (Å²) in [6.45, 7) is 6.14. The third-order valence-electron chi connectivity index (χ3n) is 8.60. The zero-order chi connectivity index (χ0) is 17.1. The van der Waals surface area contributed by atoms with E-state index < -0.39 is 6.10 Å². The first-order valence-corrected chi connectivity index (χ1v) is 10.1. The summed E-state index contributed by atoms with van der Waals surface area (Å²) < 4.78 is 5.40. The van der Waals surface area contributed by atoms with Gasteiger partial charge < -0.3 is 4.74 Å². The Balaban J connectivity index is 1.62. The Morgan fingerprint density at radius 2 is 1.83 bits per heavy atom. The molecule has 4 fully saturated rings. The second kappa shape index (κ2) is 5.57. The Morgan fingerprint density at radius 1 is 1.04 bits per heavy atom. The minimum atomic E-state index is -0.479. The molecule has 0 radical (unpaired) electrons. The summed E-state index contributed by atoms with van der Waals surface area (Å²) in [5, 5.41) is 0. The highest BCUT2D eigenvalue weighted by Crippen LogP contribution is 2.65. The van der Waals surface area contributed by atoms with Crippen molar-refractivity contribution in [2.24, 2.45) is 34.5 Å². The molecule has 0 amide bonds. The Bertz CT molecular complexity index is 555. The molecule has 3 heteroatoms. The van der Waals surface area contributed by atoms with Crippen LogP contribution in [-0.2, 0) is 14.3 Å². The Morgan fingerprint density at radius 3 is 2.58 bits per heavy atom. The molecule has 0 aromatic carbocycles. The average Bonchev–Trinajstić information content (AvgIpc) is 2.78. The van der Waals surface area contributed by atoms with E-state index in [1.807, 2.05) is 0 Å². The van der Waals surface area contributed by atoms with Crippen LogP contribution in [-0.4, -0.2) is 17.9 Å². The fourth-order valence-corrected chi connectivity index (χ4v) is 7.36. The number of hydrogen-bond donors (Lipinski definition) is 0. The van der Waals surface area contributed by atoms with Crippen LogP contribution in [0.25, 0.3) is 0 Å². The maximum atomic E-state index is 13.0. The van der Waals surface area contributed by atoms with Gasteiger partial charge in [-0.15, -0.1) is 0 Å². The van der Waals surface area contributed by atoms with Gasteiger partial charge in [0.25, 0.3) is 0 Å². The lowest BCUT2D eigenvalue weighted by Crippen LogP contribution is -2.52. The number of fused-ring (bicyclic) bond motifs is 5. The molecule has 0 saturated heterocycles. The van der Waals surface area contributed by atoms with Crippen molar-refractivity contribution in [2.45, 2.75) is 84.7 Å². The largest absolute Gasteiger partial charge is 0.455 e. The van der Waals surface area contributed by atoms with Crippen LogP contribution in [0.5, 0.6) is 0 Å². The smallest absolute Gasteiger partial charge is 0.303 e. The highest BCUT2D eigenvalue weighted by Gasteiger charge is 2.62. The molecule has 0 aromatic rings. The van der Waals surface area contributed by atoms with Gasteiger partial charge in [0.2, 0.25) is 0 Å². The molecule has 0 aliphatic heterocycles. The first kappa shape index (κ1) is 16.6. The zero-order valence-corrected chi connectivity index (χ0v) is 15.5. The minimum Gasteiger partial charge on any atom is -0.455 e. The standard InChI is InChI=1S/C21H32O3/c1-13(22)24-18-12-17-15-8-7-14-6-4-5-10-20(14,2)16(15)9-11-21(17,3)19(18)23/h14-18H,4-12H2,1-3H3/t14-,15-,16+,17+,18-,20+,21+/m1/s1. The first-order valence-electron chi connectivity index (χ1n) is 10.1. The quantitative estimate of drug-likeness (QED) is 0.663. The third-order valence-corrected chi connectivity index (χ3v) is 8.60. The summed E-state index contributed by atoms with van der Waals surface area (Å²) in [7, 11) is 0. The van der Waals surface area contributed by atoms with Gasteiger partial charge in [-0.3, -0.25) is 9.59 Å². The molecule has 0 N–H and O–H groups in total. The van der Waals surface area contributed by atoms with E-state index in [1.165, 1.54) is 51.9 Å². The molecule has 4 aliphatic carbocycles. The molecule has 0 aromatic heterocycles. The summed E-state index contributed by atoms with van der Waals surface area (Å²) in [6, 6.07) is 0. The van der Waals surface area contributed by atoms with Gasteiger partial charge in [-0.05, 0) is 74.0 Å². The van der Waals surface area contributed by atoms with Crippen LogP contribution in [0.15, 0.2) is 0 Å². The van der Waals surface area contributed by atoms with E-state index in [-0.39, 0.29) is 17.2 Å². The molecule has 0 unspecified atom stereocenters. The van der Waals surface area contributed by atoms with Crippen molar-refractivity contribution >= 4 is 11.8 Å². The maximum Gasteiger partial charge on any atom is 0.303 e. The fourth-order valence-electron chi connectivity index (χ4n) is 7.36. The number of ketones is 1. The first-order chi connectivity index (χ1) is 11.4. The van der Waals surface area contributed by atoms with Gasteiger partial charge in [0, 0.05) is 12.3 Å². The van der Waals surface area contributed by atoms with E-state index in [4.69, 9.17) is 4.74 Å². The van der Waals surface area contributed by atoms with Crippen molar-refractivity contribution in [2.75, 3.05) is 0 Å². The van der Waals surface area contributed by atoms with Crippen LogP contribution in [0.4, 0.5) is 0 Å². The van der Waals surface area contributed by atoms with Crippen LogP contribution in [0.3, 0.4) is 0 Å². The average molecular weight is 332 g/mol. The zero-order valence-electron chi connectivity index (χ0n) is 15.5. The molecule has 24 heavy (non-hydrogen) atoms. The van der Waals surface area contributed by atoms with E-state index in [0.717, 1.165) is 24.7 Å². The van der Waals surface area contributed by atoms with Gasteiger partial charge in [-0.25, -0.2) is 0 Å². The Hall–Kier alpha value is -0.860. The number of ether oxygens (including phenoxy) is 1. The van der Waals surface area contributed by atoms with Crippen LogP contribution >= 0.6 is 0 Å². The van der Waals surface area contributed by atoms with Gasteiger partial charge in [0.15, 0.2) is 11.9 Å². The monoisotopic (exact) mass is 332 g/mol.